The van der Waals surface area contributed by atoms with Gasteiger partial charge in [-0.3, -0.25) is 9.80 Å². The highest BCUT2D eigenvalue weighted by Gasteiger charge is 2.27. The Morgan fingerprint density at radius 2 is 1.89 bits per heavy atom. The summed E-state index contributed by atoms with van der Waals surface area (Å²) in [4.78, 5) is 4.82. The van der Waals surface area contributed by atoms with E-state index in [1.54, 1.807) is 19.2 Å². The molecule has 0 aliphatic carbocycles. The molecule has 3 rings (SSSR count). The third kappa shape index (κ3) is 5.01. The summed E-state index contributed by atoms with van der Waals surface area (Å²) in [5.74, 6) is 1.06. The number of methoxy groups -OCH3 is 1. The van der Waals surface area contributed by atoms with Gasteiger partial charge < -0.3 is 14.9 Å². The van der Waals surface area contributed by atoms with Crippen LogP contribution >= 0.6 is 0 Å². The second-order valence-electron chi connectivity index (χ2n) is 7.29. The number of phenols is 1. The van der Waals surface area contributed by atoms with Crippen molar-refractivity contribution in [1.29, 1.82) is 0 Å². The minimum atomic E-state index is 0.188. The number of hydrogen-bond donors (Lipinski definition) is 2. The number of piperazine rings is 1. The Balaban J connectivity index is 1.68. The smallest absolute Gasteiger partial charge is 0.120 e. The van der Waals surface area contributed by atoms with E-state index in [0.717, 1.165) is 43.9 Å². The molecule has 0 aromatic heterocycles. The molecule has 0 saturated carbocycles. The van der Waals surface area contributed by atoms with Gasteiger partial charge in [0.15, 0.2) is 0 Å². The van der Waals surface area contributed by atoms with Crippen LogP contribution in [0, 0.1) is 6.92 Å². The molecule has 2 N–H and O–H groups in total. The molecule has 0 radical (unpaired) electrons. The van der Waals surface area contributed by atoms with Crippen molar-refractivity contribution in [1.82, 2.24) is 9.80 Å². The lowest BCUT2D eigenvalue weighted by atomic mass is 10.0. The van der Waals surface area contributed by atoms with Crippen LogP contribution < -0.4 is 4.74 Å². The number of aliphatic hydroxyl groups excluding tert-OH is 1. The van der Waals surface area contributed by atoms with Crippen molar-refractivity contribution in [2.75, 3.05) is 33.4 Å². The minimum Gasteiger partial charge on any atom is -0.508 e. The highest BCUT2D eigenvalue weighted by Crippen LogP contribution is 2.26. The lowest BCUT2D eigenvalue weighted by molar-refractivity contribution is 0.0495. The molecule has 1 saturated heterocycles. The van der Waals surface area contributed by atoms with Gasteiger partial charge in [0.05, 0.1) is 7.11 Å². The molecule has 1 aliphatic rings. The number of aliphatic hydroxyl groups is 1. The van der Waals surface area contributed by atoms with Gasteiger partial charge in [-0.15, -0.1) is 0 Å². The Bertz CT molecular complexity index is 750. The van der Waals surface area contributed by atoms with Crippen LogP contribution in [0.3, 0.4) is 0 Å². The first-order valence-corrected chi connectivity index (χ1v) is 9.58. The lowest BCUT2D eigenvalue weighted by Crippen LogP contribution is -2.52. The average Bonchev–Trinajstić information content (AvgIpc) is 2.67. The predicted octanol–water partition coefficient (Wildman–Crippen LogP) is 2.78. The van der Waals surface area contributed by atoms with Crippen LogP contribution in [-0.2, 0) is 13.1 Å². The summed E-state index contributed by atoms with van der Waals surface area (Å²) >= 11 is 0. The standard InChI is InChI=1S/C22H30N2O3/c1-17-5-3-4-6-18(17)15-24-11-10-23(16-20(24)9-12-25)14-19-13-21(27-2)7-8-22(19)26/h3-8,13,20,25-26H,9-12,14-16H2,1-2H3/t20-/m0/s1. The van der Waals surface area contributed by atoms with Crippen LogP contribution in [0.2, 0.25) is 0 Å². The van der Waals surface area contributed by atoms with E-state index in [1.807, 2.05) is 6.07 Å². The van der Waals surface area contributed by atoms with E-state index in [4.69, 9.17) is 4.74 Å². The van der Waals surface area contributed by atoms with Gasteiger partial charge in [-0.25, -0.2) is 0 Å². The molecule has 0 bridgehead atoms. The Labute approximate surface area is 161 Å². The maximum atomic E-state index is 10.2. The summed E-state index contributed by atoms with van der Waals surface area (Å²) in [5, 5.41) is 19.7. The Morgan fingerprint density at radius 3 is 2.63 bits per heavy atom. The van der Waals surface area contributed by atoms with Crippen molar-refractivity contribution in [3.63, 3.8) is 0 Å². The zero-order chi connectivity index (χ0) is 19.2. The van der Waals surface area contributed by atoms with Gasteiger partial charge in [-0.1, -0.05) is 24.3 Å². The molecule has 0 spiro atoms. The van der Waals surface area contributed by atoms with E-state index in [9.17, 15) is 10.2 Å². The average molecular weight is 370 g/mol. The van der Waals surface area contributed by atoms with E-state index < -0.39 is 0 Å². The van der Waals surface area contributed by atoms with Gasteiger partial charge in [-0.05, 0) is 42.7 Å². The maximum absolute atomic E-state index is 10.2. The van der Waals surface area contributed by atoms with Crippen LogP contribution in [0.4, 0.5) is 0 Å². The molecule has 1 atom stereocenters. The van der Waals surface area contributed by atoms with Crippen LogP contribution in [-0.4, -0.2) is 59.4 Å². The first-order valence-electron chi connectivity index (χ1n) is 9.58. The summed E-state index contributed by atoms with van der Waals surface area (Å²) in [7, 11) is 1.64. The quantitative estimate of drug-likeness (QED) is 0.785. The van der Waals surface area contributed by atoms with Crippen molar-refractivity contribution in [3.05, 3.63) is 59.2 Å². The van der Waals surface area contributed by atoms with Crippen LogP contribution in [0.15, 0.2) is 42.5 Å². The number of ether oxygens (including phenoxy) is 1. The Kier molecular flexibility index (Phi) is 6.72. The number of hydrogen-bond acceptors (Lipinski definition) is 5. The van der Waals surface area contributed by atoms with Crippen molar-refractivity contribution in [3.8, 4) is 11.5 Å². The molecule has 5 heteroatoms. The molecule has 0 amide bonds. The SMILES string of the molecule is COc1ccc(O)c(CN2CCN(Cc3ccccc3C)[C@@H](CCO)C2)c1. The topological polar surface area (TPSA) is 56.2 Å². The van der Waals surface area contributed by atoms with E-state index in [0.29, 0.717) is 18.3 Å². The zero-order valence-corrected chi connectivity index (χ0v) is 16.3. The van der Waals surface area contributed by atoms with Gasteiger partial charge >= 0.3 is 0 Å². The molecular formula is C22H30N2O3. The normalized spacial score (nSPS) is 18.6. The molecular weight excluding hydrogens is 340 g/mol. The van der Waals surface area contributed by atoms with Crippen molar-refractivity contribution in [2.24, 2.45) is 0 Å². The van der Waals surface area contributed by atoms with Gasteiger partial charge in [0.25, 0.3) is 0 Å². The Morgan fingerprint density at radius 1 is 1.07 bits per heavy atom. The highest BCUT2D eigenvalue weighted by molar-refractivity contribution is 5.39. The van der Waals surface area contributed by atoms with Gasteiger partial charge in [0, 0.05) is 50.9 Å². The number of benzene rings is 2. The molecule has 146 valence electrons. The molecule has 1 aliphatic heterocycles. The highest BCUT2D eigenvalue weighted by atomic mass is 16.5. The fourth-order valence-electron chi connectivity index (χ4n) is 3.79. The first kappa shape index (κ1) is 19.7. The summed E-state index contributed by atoms with van der Waals surface area (Å²) in [6.07, 6.45) is 0.756. The maximum Gasteiger partial charge on any atom is 0.120 e. The fourth-order valence-corrected chi connectivity index (χ4v) is 3.79. The second kappa shape index (κ2) is 9.22. The molecule has 1 fully saturated rings. The second-order valence-corrected chi connectivity index (χ2v) is 7.29. The van der Waals surface area contributed by atoms with Gasteiger partial charge in [0.2, 0.25) is 0 Å². The first-order chi connectivity index (χ1) is 13.1. The zero-order valence-electron chi connectivity index (χ0n) is 16.3. The van der Waals surface area contributed by atoms with Crippen LogP contribution in [0.1, 0.15) is 23.1 Å². The number of aryl methyl sites for hydroxylation is 1. The summed E-state index contributed by atoms with van der Waals surface area (Å²) in [6, 6.07) is 14.2. The Hall–Kier alpha value is -2.08. The molecule has 2 aromatic rings. The van der Waals surface area contributed by atoms with Crippen molar-refractivity contribution in [2.45, 2.75) is 32.5 Å². The third-order valence-corrected chi connectivity index (χ3v) is 5.47. The van der Waals surface area contributed by atoms with Crippen LogP contribution in [0.25, 0.3) is 0 Å². The lowest BCUT2D eigenvalue weighted by Gasteiger charge is -2.41. The molecule has 27 heavy (non-hydrogen) atoms. The molecule has 0 unspecified atom stereocenters. The van der Waals surface area contributed by atoms with Crippen molar-refractivity contribution >= 4 is 0 Å². The van der Waals surface area contributed by atoms with E-state index in [1.165, 1.54) is 11.1 Å². The van der Waals surface area contributed by atoms with Crippen LogP contribution in [0.5, 0.6) is 11.5 Å². The summed E-state index contributed by atoms with van der Waals surface area (Å²) in [6.45, 7) is 6.70. The predicted molar refractivity (Wildman–Crippen MR) is 107 cm³/mol. The summed E-state index contributed by atoms with van der Waals surface area (Å²) < 4.78 is 5.28. The largest absolute Gasteiger partial charge is 0.508 e. The molecule has 2 aromatic carbocycles. The fraction of sp³-hybridized carbons (Fsp3) is 0.455. The van der Waals surface area contributed by atoms with E-state index in [2.05, 4.69) is 41.0 Å². The van der Waals surface area contributed by atoms with Gasteiger partial charge in [-0.2, -0.15) is 0 Å². The number of rotatable bonds is 7. The van der Waals surface area contributed by atoms with E-state index >= 15 is 0 Å². The third-order valence-electron chi connectivity index (χ3n) is 5.47. The minimum absolute atomic E-state index is 0.188. The van der Waals surface area contributed by atoms with Crippen molar-refractivity contribution < 1.29 is 14.9 Å². The van der Waals surface area contributed by atoms with Gasteiger partial charge in [0.1, 0.15) is 11.5 Å². The summed E-state index contributed by atoms with van der Waals surface area (Å²) in [5.41, 5.74) is 3.53. The number of aromatic hydroxyl groups is 1. The van der Waals surface area contributed by atoms with E-state index in [-0.39, 0.29) is 6.61 Å². The monoisotopic (exact) mass is 370 g/mol. The molecule has 1 heterocycles. The number of nitrogens with zero attached hydrogens (tertiary/aromatic N) is 2. The molecule has 5 nitrogen and oxygen atoms in total. The number of phenolic OH excluding ortho intramolecular Hbond substituents is 1.